The zero-order chi connectivity index (χ0) is 24.7. The molecular formula is C27H33N3O5. The summed E-state index contributed by atoms with van der Waals surface area (Å²) in [5, 5.41) is 0. The van der Waals surface area contributed by atoms with Crippen LogP contribution in [-0.2, 0) is 24.5 Å². The fourth-order valence-corrected chi connectivity index (χ4v) is 4.85. The number of nitrogens with zero attached hydrogens (tertiary/aromatic N) is 3. The van der Waals surface area contributed by atoms with E-state index in [4.69, 9.17) is 9.47 Å². The largest absolute Gasteiger partial charge is 0.492 e. The van der Waals surface area contributed by atoms with Gasteiger partial charge in [0.15, 0.2) is 0 Å². The molecular weight excluding hydrogens is 446 g/mol. The average molecular weight is 480 g/mol. The van der Waals surface area contributed by atoms with Gasteiger partial charge in [0.1, 0.15) is 5.75 Å². The number of hydrogen-bond acceptors (Lipinski definition) is 6. The molecule has 0 aliphatic carbocycles. The van der Waals surface area contributed by atoms with Crippen molar-refractivity contribution in [3.63, 3.8) is 0 Å². The van der Waals surface area contributed by atoms with Crippen molar-refractivity contribution < 1.29 is 23.9 Å². The molecule has 2 aliphatic rings. The predicted octanol–water partition coefficient (Wildman–Crippen LogP) is 2.97. The van der Waals surface area contributed by atoms with Crippen LogP contribution in [0.4, 0.5) is 0 Å². The van der Waals surface area contributed by atoms with Crippen LogP contribution >= 0.6 is 0 Å². The third-order valence-electron chi connectivity index (χ3n) is 6.79. The zero-order valence-electron chi connectivity index (χ0n) is 20.2. The Morgan fingerprint density at radius 3 is 2.74 bits per heavy atom. The number of benzene rings is 1. The summed E-state index contributed by atoms with van der Waals surface area (Å²) >= 11 is 0. The van der Waals surface area contributed by atoms with Gasteiger partial charge in [0.05, 0.1) is 24.3 Å². The summed E-state index contributed by atoms with van der Waals surface area (Å²) in [5.41, 5.74) is -0.496. The maximum Gasteiger partial charge on any atom is 0.240 e. The van der Waals surface area contributed by atoms with E-state index in [1.807, 2.05) is 30.3 Å². The summed E-state index contributed by atoms with van der Waals surface area (Å²) in [7, 11) is 1.74. The molecule has 2 atom stereocenters. The van der Waals surface area contributed by atoms with Gasteiger partial charge in [0, 0.05) is 45.8 Å². The first kappa shape index (κ1) is 24.9. The number of hydrogen-bond donors (Lipinski definition) is 0. The highest BCUT2D eigenvalue weighted by molar-refractivity contribution is 6.10. The number of rotatable bonds is 10. The molecule has 0 bridgehead atoms. The number of imide groups is 1. The molecule has 0 saturated carbocycles. The molecule has 8 heteroatoms. The minimum atomic E-state index is -1.19. The van der Waals surface area contributed by atoms with Crippen molar-refractivity contribution in [3.05, 3.63) is 60.4 Å². The summed E-state index contributed by atoms with van der Waals surface area (Å²) in [5.74, 6) is -0.0937. The minimum absolute atomic E-state index is 0.0151. The van der Waals surface area contributed by atoms with Crippen LogP contribution in [0.25, 0.3) is 0 Å². The van der Waals surface area contributed by atoms with Gasteiger partial charge in [-0.3, -0.25) is 24.3 Å². The molecule has 0 unspecified atom stereocenters. The van der Waals surface area contributed by atoms with E-state index < -0.39 is 5.41 Å². The number of likely N-dealkylation sites (N-methyl/N-ethyl adjacent to an activating group) is 1. The van der Waals surface area contributed by atoms with E-state index in [0.29, 0.717) is 37.5 Å². The van der Waals surface area contributed by atoms with Crippen LogP contribution in [0.2, 0.25) is 0 Å². The number of carbonyl (C=O) groups is 3. The zero-order valence-corrected chi connectivity index (χ0v) is 20.2. The lowest BCUT2D eigenvalue weighted by atomic mass is 9.75. The van der Waals surface area contributed by atoms with Crippen LogP contribution in [0.5, 0.6) is 5.75 Å². The molecule has 2 saturated heterocycles. The van der Waals surface area contributed by atoms with E-state index >= 15 is 0 Å². The van der Waals surface area contributed by atoms with E-state index in [1.165, 1.54) is 4.90 Å². The number of carbonyl (C=O) groups excluding carboxylic acids is 3. The molecule has 1 aromatic carbocycles. The summed E-state index contributed by atoms with van der Waals surface area (Å²) in [6.07, 6.45) is 6.79. The van der Waals surface area contributed by atoms with Crippen LogP contribution in [0.1, 0.15) is 44.1 Å². The summed E-state index contributed by atoms with van der Waals surface area (Å²) in [6, 6.07) is 12.8. The first-order valence-corrected chi connectivity index (χ1v) is 12.3. The SMILES string of the molecule is CN(C[C@H]1CCCCO1)C(=O)C[C@@]1(c2ccccc2)CC(=O)N(CCCOc2cccnc2)C1=O. The summed E-state index contributed by atoms with van der Waals surface area (Å²) in [6.45, 7) is 1.80. The molecule has 0 radical (unpaired) electrons. The maximum absolute atomic E-state index is 13.7. The second-order valence-electron chi connectivity index (χ2n) is 9.31. The topological polar surface area (TPSA) is 89.0 Å². The molecule has 2 aliphatic heterocycles. The van der Waals surface area contributed by atoms with Crippen molar-refractivity contribution in [1.29, 1.82) is 0 Å². The summed E-state index contributed by atoms with van der Waals surface area (Å²) < 4.78 is 11.4. The Kier molecular flexibility index (Phi) is 8.13. The molecule has 2 fully saturated rings. The summed E-state index contributed by atoms with van der Waals surface area (Å²) in [4.78, 5) is 47.0. The van der Waals surface area contributed by atoms with Crippen LogP contribution in [0.3, 0.4) is 0 Å². The Morgan fingerprint density at radius 1 is 1.20 bits per heavy atom. The maximum atomic E-state index is 13.7. The highest BCUT2D eigenvalue weighted by atomic mass is 16.5. The minimum Gasteiger partial charge on any atom is -0.492 e. The number of aromatic nitrogens is 1. The van der Waals surface area contributed by atoms with Crippen molar-refractivity contribution in [2.75, 3.05) is 33.4 Å². The Hall–Kier alpha value is -3.26. The van der Waals surface area contributed by atoms with E-state index in [9.17, 15) is 14.4 Å². The Balaban J connectivity index is 1.44. The van der Waals surface area contributed by atoms with Crippen LogP contribution in [0.15, 0.2) is 54.9 Å². The second-order valence-corrected chi connectivity index (χ2v) is 9.31. The molecule has 3 heterocycles. The lowest BCUT2D eigenvalue weighted by Gasteiger charge is -2.31. The smallest absolute Gasteiger partial charge is 0.240 e. The predicted molar refractivity (Wildman–Crippen MR) is 130 cm³/mol. The molecule has 186 valence electrons. The van der Waals surface area contributed by atoms with Gasteiger partial charge < -0.3 is 14.4 Å². The molecule has 0 spiro atoms. The van der Waals surface area contributed by atoms with Crippen molar-refractivity contribution in [2.45, 2.75) is 50.0 Å². The number of likely N-dealkylation sites (tertiary alicyclic amines) is 1. The Morgan fingerprint density at radius 2 is 2.03 bits per heavy atom. The fourth-order valence-electron chi connectivity index (χ4n) is 4.85. The fraction of sp³-hybridized carbons (Fsp3) is 0.481. The van der Waals surface area contributed by atoms with E-state index in [1.54, 1.807) is 36.5 Å². The van der Waals surface area contributed by atoms with Crippen LogP contribution in [0, 0.1) is 0 Å². The molecule has 1 aromatic heterocycles. The van der Waals surface area contributed by atoms with E-state index in [2.05, 4.69) is 4.98 Å². The van der Waals surface area contributed by atoms with Gasteiger partial charge in [-0.25, -0.2) is 0 Å². The van der Waals surface area contributed by atoms with E-state index in [0.717, 1.165) is 19.3 Å². The van der Waals surface area contributed by atoms with Gasteiger partial charge in [-0.1, -0.05) is 30.3 Å². The van der Waals surface area contributed by atoms with Gasteiger partial charge >= 0.3 is 0 Å². The average Bonchev–Trinajstić information content (AvgIpc) is 3.13. The molecule has 2 aromatic rings. The molecule has 35 heavy (non-hydrogen) atoms. The third-order valence-corrected chi connectivity index (χ3v) is 6.79. The van der Waals surface area contributed by atoms with Crippen molar-refractivity contribution in [1.82, 2.24) is 14.8 Å². The Labute approximate surface area is 206 Å². The second kappa shape index (κ2) is 11.4. The monoisotopic (exact) mass is 479 g/mol. The van der Waals surface area contributed by atoms with Crippen molar-refractivity contribution >= 4 is 17.7 Å². The van der Waals surface area contributed by atoms with Crippen LogP contribution in [-0.4, -0.2) is 72.0 Å². The first-order valence-electron chi connectivity index (χ1n) is 12.3. The highest BCUT2D eigenvalue weighted by Crippen LogP contribution is 2.40. The van der Waals surface area contributed by atoms with Crippen molar-refractivity contribution in [3.8, 4) is 5.75 Å². The molecule has 4 rings (SSSR count). The van der Waals surface area contributed by atoms with Gasteiger partial charge in [-0.15, -0.1) is 0 Å². The third kappa shape index (κ3) is 5.88. The quantitative estimate of drug-likeness (QED) is 0.385. The first-order chi connectivity index (χ1) is 17.0. The van der Waals surface area contributed by atoms with Gasteiger partial charge in [0.25, 0.3) is 0 Å². The lowest BCUT2D eigenvalue weighted by Crippen LogP contribution is -2.44. The van der Waals surface area contributed by atoms with Gasteiger partial charge in [-0.05, 0) is 43.4 Å². The number of amides is 3. The van der Waals surface area contributed by atoms with E-state index in [-0.39, 0.29) is 43.2 Å². The van der Waals surface area contributed by atoms with Gasteiger partial charge in [0.2, 0.25) is 17.7 Å². The molecule has 8 nitrogen and oxygen atoms in total. The number of ether oxygens (including phenoxy) is 2. The highest BCUT2D eigenvalue weighted by Gasteiger charge is 2.53. The standard InChI is InChI=1S/C27H33N3O5/c1-29(20-23-11-5-6-15-35-23)24(31)17-27(21-9-3-2-4-10-21)18-25(32)30(26(27)33)14-8-16-34-22-12-7-13-28-19-22/h2-4,7,9-10,12-13,19,23H,5-6,8,11,14-18,20H2,1H3/t23-,27+/m1/s1. The van der Waals surface area contributed by atoms with Crippen molar-refractivity contribution in [2.24, 2.45) is 0 Å². The number of pyridine rings is 1. The Bertz CT molecular complexity index is 1010. The normalized spacial score (nSPS) is 22.3. The lowest BCUT2D eigenvalue weighted by molar-refractivity contribution is -0.143. The molecule has 0 N–H and O–H groups in total. The van der Waals surface area contributed by atoms with Crippen LogP contribution < -0.4 is 4.74 Å². The molecule has 3 amide bonds. The van der Waals surface area contributed by atoms with Gasteiger partial charge in [-0.2, -0.15) is 0 Å².